The molecule has 0 unspecified atom stereocenters. The van der Waals surface area contributed by atoms with E-state index in [1.165, 1.54) is 0 Å². The molecule has 0 spiro atoms. The van der Waals surface area contributed by atoms with E-state index < -0.39 is 0 Å². The summed E-state index contributed by atoms with van der Waals surface area (Å²) in [5.74, 6) is 0.397. The van der Waals surface area contributed by atoms with Crippen molar-refractivity contribution in [1.29, 1.82) is 0 Å². The lowest BCUT2D eigenvalue weighted by Gasteiger charge is -2.07. The fourth-order valence-electron chi connectivity index (χ4n) is 1.07. The molecule has 0 fully saturated rings. The molecule has 0 bridgehead atoms. The fraction of sp³-hybridized carbons (Fsp3) is 0.444. The Morgan fingerprint density at radius 2 is 2.40 bits per heavy atom. The van der Waals surface area contributed by atoms with Crippen molar-refractivity contribution in [2.45, 2.75) is 19.8 Å². The molecule has 6 heteroatoms. The minimum Gasteiger partial charge on any atom is -0.370 e. The highest BCUT2D eigenvalue weighted by Crippen LogP contribution is 2.12. The Labute approximate surface area is 93.0 Å². The molecule has 0 aliphatic carbocycles. The van der Waals surface area contributed by atoms with Crippen molar-refractivity contribution in [1.82, 2.24) is 9.97 Å². The molecule has 1 amide bonds. The molecule has 5 nitrogen and oxygen atoms in total. The number of aryl methyl sites for hydroxylation is 1. The molecule has 0 radical (unpaired) electrons. The second-order valence-electron chi connectivity index (χ2n) is 3.17. The molecule has 0 aliphatic heterocycles. The summed E-state index contributed by atoms with van der Waals surface area (Å²) in [6.07, 6.45) is 2.69. The number of aromatic nitrogens is 2. The van der Waals surface area contributed by atoms with Gasteiger partial charge in [0.25, 0.3) is 0 Å². The van der Waals surface area contributed by atoms with Crippen LogP contribution in [0.2, 0.25) is 5.28 Å². The summed E-state index contributed by atoms with van der Waals surface area (Å²) >= 11 is 5.64. The summed E-state index contributed by atoms with van der Waals surface area (Å²) in [6, 6.07) is 0. The summed E-state index contributed by atoms with van der Waals surface area (Å²) in [5.41, 5.74) is 5.93. The number of carbonyl (C=O) groups is 1. The van der Waals surface area contributed by atoms with Crippen LogP contribution < -0.4 is 11.1 Å². The standard InChI is InChI=1S/C9H13ClN4O/c1-6-5-13-9(10)14-8(6)12-4-2-3-7(11)15/h5H,2-4H2,1H3,(H2,11,15)(H,12,13,14). The lowest BCUT2D eigenvalue weighted by atomic mass is 10.3. The van der Waals surface area contributed by atoms with Crippen molar-refractivity contribution in [3.05, 3.63) is 17.0 Å². The number of amides is 1. The number of nitrogens with two attached hydrogens (primary N) is 1. The van der Waals surface area contributed by atoms with Gasteiger partial charge in [0.1, 0.15) is 5.82 Å². The Morgan fingerprint density at radius 1 is 1.67 bits per heavy atom. The molecular weight excluding hydrogens is 216 g/mol. The maximum Gasteiger partial charge on any atom is 0.224 e. The molecule has 0 saturated carbocycles. The van der Waals surface area contributed by atoms with Gasteiger partial charge in [-0.2, -0.15) is 0 Å². The van der Waals surface area contributed by atoms with Crippen molar-refractivity contribution >= 4 is 23.3 Å². The normalized spacial score (nSPS) is 10.0. The highest BCUT2D eigenvalue weighted by atomic mass is 35.5. The molecule has 82 valence electrons. The predicted molar refractivity (Wildman–Crippen MR) is 58.7 cm³/mol. The predicted octanol–water partition coefficient (Wildman–Crippen LogP) is 1.12. The van der Waals surface area contributed by atoms with Gasteiger partial charge in [-0.1, -0.05) is 0 Å². The van der Waals surface area contributed by atoms with E-state index in [0.29, 0.717) is 25.2 Å². The van der Waals surface area contributed by atoms with Gasteiger partial charge >= 0.3 is 0 Å². The van der Waals surface area contributed by atoms with Crippen LogP contribution in [0.5, 0.6) is 0 Å². The molecular formula is C9H13ClN4O. The summed E-state index contributed by atoms with van der Waals surface area (Å²) in [7, 11) is 0. The molecule has 0 aromatic carbocycles. The van der Waals surface area contributed by atoms with Gasteiger partial charge in [-0.15, -0.1) is 0 Å². The fourth-order valence-corrected chi connectivity index (χ4v) is 1.20. The van der Waals surface area contributed by atoms with Crippen molar-refractivity contribution in [3.63, 3.8) is 0 Å². The lowest BCUT2D eigenvalue weighted by molar-refractivity contribution is -0.118. The largest absolute Gasteiger partial charge is 0.370 e. The Hall–Kier alpha value is -1.36. The van der Waals surface area contributed by atoms with E-state index in [0.717, 1.165) is 5.56 Å². The zero-order valence-corrected chi connectivity index (χ0v) is 9.21. The quantitative estimate of drug-likeness (QED) is 0.585. The van der Waals surface area contributed by atoms with Gasteiger partial charge in [-0.3, -0.25) is 4.79 Å². The van der Waals surface area contributed by atoms with Gasteiger partial charge in [0, 0.05) is 24.7 Å². The van der Waals surface area contributed by atoms with E-state index in [-0.39, 0.29) is 11.2 Å². The highest BCUT2D eigenvalue weighted by Gasteiger charge is 2.01. The molecule has 0 aliphatic rings. The van der Waals surface area contributed by atoms with E-state index in [4.69, 9.17) is 17.3 Å². The van der Waals surface area contributed by atoms with Crippen molar-refractivity contribution < 1.29 is 4.79 Å². The molecule has 3 N–H and O–H groups in total. The molecule has 0 saturated heterocycles. The number of nitrogens with zero attached hydrogens (tertiary/aromatic N) is 2. The van der Waals surface area contributed by atoms with Crippen LogP contribution in [-0.4, -0.2) is 22.4 Å². The number of rotatable bonds is 5. The smallest absolute Gasteiger partial charge is 0.224 e. The van der Waals surface area contributed by atoms with Crippen molar-refractivity contribution in [3.8, 4) is 0 Å². The van der Waals surface area contributed by atoms with Crippen LogP contribution >= 0.6 is 11.6 Å². The number of nitrogens with one attached hydrogen (secondary N) is 1. The van der Waals surface area contributed by atoms with Crippen LogP contribution in [0.3, 0.4) is 0 Å². The van der Waals surface area contributed by atoms with Crippen molar-refractivity contribution in [2.24, 2.45) is 5.73 Å². The average Bonchev–Trinajstić information content (AvgIpc) is 2.17. The molecule has 1 heterocycles. The second-order valence-corrected chi connectivity index (χ2v) is 3.51. The number of anilines is 1. The third kappa shape index (κ3) is 4.12. The van der Waals surface area contributed by atoms with Gasteiger partial charge in [-0.25, -0.2) is 9.97 Å². The molecule has 15 heavy (non-hydrogen) atoms. The average molecular weight is 229 g/mol. The first-order valence-electron chi connectivity index (χ1n) is 4.61. The van der Waals surface area contributed by atoms with Gasteiger partial charge in [0.05, 0.1) is 0 Å². The third-order valence-corrected chi connectivity index (χ3v) is 2.02. The van der Waals surface area contributed by atoms with Crippen molar-refractivity contribution in [2.75, 3.05) is 11.9 Å². The van der Waals surface area contributed by atoms with Gasteiger partial charge in [0.15, 0.2) is 0 Å². The third-order valence-electron chi connectivity index (χ3n) is 1.83. The number of halogens is 1. The SMILES string of the molecule is Cc1cnc(Cl)nc1NCCCC(N)=O. The van der Waals surface area contributed by atoms with Crippen LogP contribution in [-0.2, 0) is 4.79 Å². The number of primary amides is 1. The molecule has 1 aromatic heterocycles. The van der Waals surface area contributed by atoms with E-state index in [9.17, 15) is 4.79 Å². The van der Waals surface area contributed by atoms with Crippen LogP contribution in [0.1, 0.15) is 18.4 Å². The molecule has 1 aromatic rings. The van der Waals surface area contributed by atoms with E-state index >= 15 is 0 Å². The Kier molecular flexibility index (Phi) is 4.30. The Bertz CT molecular complexity index is 356. The first kappa shape index (κ1) is 11.7. The first-order chi connectivity index (χ1) is 7.09. The zero-order chi connectivity index (χ0) is 11.3. The molecule has 0 atom stereocenters. The summed E-state index contributed by atoms with van der Waals surface area (Å²) < 4.78 is 0. The van der Waals surface area contributed by atoms with Gasteiger partial charge in [-0.05, 0) is 24.9 Å². The van der Waals surface area contributed by atoms with Gasteiger partial charge in [0.2, 0.25) is 11.2 Å². The minimum absolute atomic E-state index is 0.206. The second kappa shape index (κ2) is 5.50. The number of hydrogen-bond acceptors (Lipinski definition) is 4. The molecule has 1 rings (SSSR count). The summed E-state index contributed by atoms with van der Waals surface area (Å²) in [4.78, 5) is 18.3. The lowest BCUT2D eigenvalue weighted by Crippen LogP contribution is -2.13. The van der Waals surface area contributed by atoms with Crippen LogP contribution in [0, 0.1) is 6.92 Å². The monoisotopic (exact) mass is 228 g/mol. The van der Waals surface area contributed by atoms with E-state index in [2.05, 4.69) is 15.3 Å². The number of carbonyl (C=O) groups excluding carboxylic acids is 1. The van der Waals surface area contributed by atoms with Crippen LogP contribution in [0.4, 0.5) is 5.82 Å². The maximum atomic E-state index is 10.5. The van der Waals surface area contributed by atoms with Crippen LogP contribution in [0.15, 0.2) is 6.20 Å². The van der Waals surface area contributed by atoms with Crippen LogP contribution in [0.25, 0.3) is 0 Å². The Balaban J connectivity index is 2.43. The number of hydrogen-bond donors (Lipinski definition) is 2. The zero-order valence-electron chi connectivity index (χ0n) is 8.46. The van der Waals surface area contributed by atoms with E-state index in [1.54, 1.807) is 6.20 Å². The summed E-state index contributed by atoms with van der Waals surface area (Å²) in [6.45, 7) is 2.52. The topological polar surface area (TPSA) is 80.9 Å². The van der Waals surface area contributed by atoms with E-state index in [1.807, 2.05) is 6.92 Å². The van der Waals surface area contributed by atoms with Gasteiger partial charge < -0.3 is 11.1 Å². The maximum absolute atomic E-state index is 10.5. The Morgan fingerprint density at radius 3 is 3.07 bits per heavy atom. The first-order valence-corrected chi connectivity index (χ1v) is 4.98. The minimum atomic E-state index is -0.297. The summed E-state index contributed by atoms with van der Waals surface area (Å²) in [5, 5.41) is 3.27. The highest BCUT2D eigenvalue weighted by molar-refractivity contribution is 6.28.